The van der Waals surface area contributed by atoms with Crippen molar-refractivity contribution in [3.05, 3.63) is 95.8 Å². The number of imidazole rings is 1. The summed E-state index contributed by atoms with van der Waals surface area (Å²) in [6.07, 6.45) is 8.18. The Kier molecular flexibility index (Phi) is 9.89. The monoisotopic (exact) mass is 765 g/mol. The van der Waals surface area contributed by atoms with Gasteiger partial charge in [0.25, 0.3) is 0 Å². The van der Waals surface area contributed by atoms with E-state index in [1.165, 1.54) is 11.6 Å². The average molecular weight is 766 g/mol. The molecular weight excluding hydrogens is 722 g/mol. The maximum absolute atomic E-state index is 15.0. The molecule has 0 aliphatic carbocycles. The highest BCUT2D eigenvalue weighted by Gasteiger charge is 2.20. The quantitative estimate of drug-likeness (QED) is 0.182. The summed E-state index contributed by atoms with van der Waals surface area (Å²) in [6.45, 7) is 6.01. The zero-order valence-electron chi connectivity index (χ0n) is 32.5. The van der Waals surface area contributed by atoms with Gasteiger partial charge in [-0.1, -0.05) is 12.1 Å². The zero-order valence-corrected chi connectivity index (χ0v) is 32.5. The molecule has 2 aliphatic heterocycles. The molecule has 14 heteroatoms. The summed E-state index contributed by atoms with van der Waals surface area (Å²) in [4.78, 5) is 13.8. The van der Waals surface area contributed by atoms with Crippen molar-refractivity contribution < 1.29 is 13.9 Å². The van der Waals surface area contributed by atoms with E-state index in [2.05, 4.69) is 59.2 Å². The molecule has 0 saturated carbocycles. The van der Waals surface area contributed by atoms with Crippen LogP contribution in [0, 0.1) is 12.7 Å². The number of ether oxygens (including phenoxy) is 2. The maximum atomic E-state index is 15.0. The van der Waals surface area contributed by atoms with Gasteiger partial charge in [-0.15, -0.1) is 10.2 Å². The maximum Gasteiger partial charge on any atom is 0.196 e. The van der Waals surface area contributed by atoms with E-state index in [0.717, 1.165) is 96.1 Å². The third-order valence-electron chi connectivity index (χ3n) is 11.0. The second-order valence-electron chi connectivity index (χ2n) is 14.9. The number of methoxy groups -OCH3 is 2. The van der Waals surface area contributed by atoms with Crippen molar-refractivity contribution in [3.8, 4) is 34.1 Å². The third kappa shape index (κ3) is 7.33. The molecule has 2 fully saturated rings. The molecule has 0 bridgehead atoms. The minimum Gasteiger partial charge on any atom is -0.494 e. The molecule has 8 aromatic rings. The number of pyridine rings is 1. The molecule has 7 heterocycles. The zero-order chi connectivity index (χ0) is 39.0. The number of piperidine rings is 2. The van der Waals surface area contributed by atoms with Crippen LogP contribution in [0.25, 0.3) is 61.1 Å². The van der Waals surface area contributed by atoms with Gasteiger partial charge in [-0.05, 0) is 113 Å². The molecule has 290 valence electrons. The predicted octanol–water partition coefficient (Wildman–Crippen LogP) is 6.92. The van der Waals surface area contributed by atoms with Crippen LogP contribution in [0.5, 0.6) is 11.5 Å². The largest absolute Gasteiger partial charge is 0.494 e. The van der Waals surface area contributed by atoms with E-state index in [1.54, 1.807) is 29.5 Å². The topological polar surface area (TPSA) is 142 Å². The SMILES string of the molecule is COc1cc(-c2cc(F)c3nc(C4CCNCC4)ccc3c2)nn2cc(C)nc12.COc1cc(-c2nnc3cc(C4CCNCC4)ccc3n2)cc2cn(C)nc12. The molecule has 0 unspecified atom stereocenters. The number of halogens is 1. The lowest BCUT2D eigenvalue weighted by atomic mass is 9.90. The van der Waals surface area contributed by atoms with Gasteiger partial charge < -0.3 is 20.1 Å². The van der Waals surface area contributed by atoms with Crippen LogP contribution in [0.1, 0.15) is 54.5 Å². The van der Waals surface area contributed by atoms with Gasteiger partial charge in [0.1, 0.15) is 28.1 Å². The number of hydrogen-bond acceptors (Lipinski definition) is 11. The number of benzene rings is 3. The minimum atomic E-state index is -0.337. The molecule has 2 saturated heterocycles. The van der Waals surface area contributed by atoms with E-state index in [9.17, 15) is 0 Å². The summed E-state index contributed by atoms with van der Waals surface area (Å²) < 4.78 is 29.5. The Bertz CT molecular complexity index is 2750. The van der Waals surface area contributed by atoms with E-state index < -0.39 is 0 Å². The summed E-state index contributed by atoms with van der Waals surface area (Å²) in [5, 5.41) is 26.4. The number of aryl methyl sites for hydroxylation is 2. The molecule has 2 aliphatic rings. The molecule has 57 heavy (non-hydrogen) atoms. The highest BCUT2D eigenvalue weighted by molar-refractivity contribution is 5.89. The minimum absolute atomic E-state index is 0.337. The Balaban J connectivity index is 0.000000148. The number of nitrogens with one attached hydrogen (secondary N) is 2. The molecular formula is C43H44FN11O2. The van der Waals surface area contributed by atoms with E-state index >= 15 is 4.39 Å². The Labute approximate surface area is 328 Å². The first-order valence-electron chi connectivity index (χ1n) is 19.4. The van der Waals surface area contributed by atoms with Crippen LogP contribution in [-0.4, -0.2) is 84.9 Å². The van der Waals surface area contributed by atoms with E-state index in [1.807, 2.05) is 56.7 Å². The van der Waals surface area contributed by atoms with Crippen molar-refractivity contribution in [2.24, 2.45) is 7.05 Å². The van der Waals surface area contributed by atoms with Gasteiger partial charge in [-0.3, -0.25) is 4.68 Å². The van der Waals surface area contributed by atoms with Crippen LogP contribution in [0.4, 0.5) is 4.39 Å². The highest BCUT2D eigenvalue weighted by Crippen LogP contribution is 2.33. The van der Waals surface area contributed by atoms with Gasteiger partial charge in [-0.2, -0.15) is 10.2 Å². The summed E-state index contributed by atoms with van der Waals surface area (Å²) >= 11 is 0. The highest BCUT2D eigenvalue weighted by atomic mass is 19.1. The molecule has 0 atom stereocenters. The smallest absolute Gasteiger partial charge is 0.196 e. The van der Waals surface area contributed by atoms with Crippen LogP contribution in [0.2, 0.25) is 0 Å². The molecule has 0 amide bonds. The summed E-state index contributed by atoms with van der Waals surface area (Å²) in [5.74, 6) is 2.53. The van der Waals surface area contributed by atoms with Crippen molar-refractivity contribution in [3.63, 3.8) is 0 Å². The lowest BCUT2D eigenvalue weighted by Gasteiger charge is -2.23. The Morgan fingerprint density at radius 3 is 2.21 bits per heavy atom. The van der Waals surface area contributed by atoms with Crippen LogP contribution in [0.3, 0.4) is 0 Å². The number of fused-ring (bicyclic) bond motifs is 4. The fraction of sp³-hybridized carbons (Fsp3) is 0.326. The molecule has 0 radical (unpaired) electrons. The second kappa shape index (κ2) is 15.4. The molecule has 5 aromatic heterocycles. The molecule has 3 aromatic carbocycles. The number of rotatable bonds is 6. The average Bonchev–Trinajstić information content (AvgIpc) is 3.83. The first-order valence-corrected chi connectivity index (χ1v) is 19.4. The lowest BCUT2D eigenvalue weighted by Crippen LogP contribution is -2.27. The molecule has 10 rings (SSSR count). The van der Waals surface area contributed by atoms with Crippen molar-refractivity contribution in [1.82, 2.24) is 55.2 Å². The van der Waals surface area contributed by atoms with E-state index in [4.69, 9.17) is 14.5 Å². The summed E-state index contributed by atoms with van der Waals surface area (Å²) in [6, 6.07) is 19.5. The molecule has 2 N–H and O–H groups in total. The lowest BCUT2D eigenvalue weighted by molar-refractivity contribution is 0.416. The standard InChI is InChI=1S/C22H22FN5O.C21H22N6O/c1-13-12-28-22(25-13)20(29-2)11-19(27-28)16-9-15-3-4-18(14-5-7-24-8-6-14)26-21(15)17(23)10-16;1-27-12-16-9-15(11-19(28-2)20(16)26-27)21-23-17-4-3-14(10-18(17)24-25-21)13-5-7-22-8-6-13/h3-4,9-12,14,24H,5-8H2,1-2H3;3-4,9-13,22H,5-8H2,1-2H3. The third-order valence-corrected chi connectivity index (χ3v) is 11.0. The molecule has 0 spiro atoms. The predicted molar refractivity (Wildman–Crippen MR) is 218 cm³/mol. The first-order chi connectivity index (χ1) is 27.8. The van der Waals surface area contributed by atoms with Gasteiger partial charge >= 0.3 is 0 Å². The van der Waals surface area contributed by atoms with Crippen LogP contribution in [0.15, 0.2) is 73.1 Å². The van der Waals surface area contributed by atoms with Gasteiger partial charge in [0, 0.05) is 52.8 Å². The fourth-order valence-corrected chi connectivity index (χ4v) is 8.05. The van der Waals surface area contributed by atoms with Crippen LogP contribution < -0.4 is 20.1 Å². The first kappa shape index (κ1) is 36.5. The van der Waals surface area contributed by atoms with Crippen molar-refractivity contribution in [2.75, 3.05) is 40.4 Å². The van der Waals surface area contributed by atoms with Crippen LogP contribution >= 0.6 is 0 Å². The Morgan fingerprint density at radius 1 is 0.684 bits per heavy atom. The number of hydrogen-bond donors (Lipinski definition) is 2. The Morgan fingerprint density at radius 2 is 1.44 bits per heavy atom. The van der Waals surface area contributed by atoms with Gasteiger partial charge in [0.15, 0.2) is 17.2 Å². The second-order valence-corrected chi connectivity index (χ2v) is 14.9. The summed E-state index contributed by atoms with van der Waals surface area (Å²) in [5.41, 5.74) is 8.89. The van der Waals surface area contributed by atoms with Crippen molar-refractivity contribution in [2.45, 2.75) is 44.4 Å². The summed E-state index contributed by atoms with van der Waals surface area (Å²) in [7, 11) is 5.14. The Hall–Kier alpha value is -6.12. The molecule has 13 nitrogen and oxygen atoms in total. The normalized spacial score (nSPS) is 15.3. The van der Waals surface area contributed by atoms with Gasteiger partial charge in [0.2, 0.25) is 0 Å². The van der Waals surface area contributed by atoms with Crippen molar-refractivity contribution >= 4 is 38.5 Å². The van der Waals surface area contributed by atoms with Gasteiger partial charge in [0.05, 0.1) is 37.3 Å². The van der Waals surface area contributed by atoms with Crippen molar-refractivity contribution in [1.29, 1.82) is 0 Å². The number of nitrogens with zero attached hydrogens (tertiary/aromatic N) is 9. The van der Waals surface area contributed by atoms with E-state index in [-0.39, 0.29) is 5.82 Å². The van der Waals surface area contributed by atoms with Crippen LogP contribution in [-0.2, 0) is 7.05 Å². The fourth-order valence-electron chi connectivity index (χ4n) is 8.05. The number of aromatic nitrogens is 9. The van der Waals surface area contributed by atoms with E-state index in [0.29, 0.717) is 51.6 Å². The van der Waals surface area contributed by atoms with Gasteiger partial charge in [-0.25, -0.2) is 23.9 Å².